The van der Waals surface area contributed by atoms with Crippen LogP contribution in [0.2, 0.25) is 0 Å². The molecule has 2 amide bonds. The second-order valence-electron chi connectivity index (χ2n) is 9.98. The first-order valence-corrected chi connectivity index (χ1v) is 12.5. The number of hydrogen-bond donors (Lipinski definition) is 3. The van der Waals surface area contributed by atoms with Gasteiger partial charge in [0, 0.05) is 58.2 Å². The Morgan fingerprint density at radius 1 is 0.649 bits per heavy atom. The quantitative estimate of drug-likeness (QED) is 0.298. The third kappa shape index (κ3) is 3.35. The zero-order chi connectivity index (χ0) is 25.3. The SMILES string of the molecule is O=C1NC(=O)C(c2cn(C3C=CC(O)C3)c3ccccc23)=C1c1cn(C2C=CC(O)C2)c2ccccc12. The molecule has 3 N–H and O–H groups in total. The minimum absolute atomic E-state index is 0.0413. The smallest absolute Gasteiger partial charge is 0.259 e. The summed E-state index contributed by atoms with van der Waals surface area (Å²) >= 11 is 0. The number of nitrogens with one attached hydrogen (secondary N) is 1. The number of para-hydroxylation sites is 2. The Balaban J connectivity index is 1.47. The van der Waals surface area contributed by atoms with E-state index in [1.54, 1.807) is 12.2 Å². The van der Waals surface area contributed by atoms with Crippen molar-refractivity contribution in [2.45, 2.75) is 37.1 Å². The number of carbonyl (C=O) groups excluding carboxylic acids is 2. The number of carbonyl (C=O) groups is 2. The van der Waals surface area contributed by atoms with Crippen molar-refractivity contribution in [3.63, 3.8) is 0 Å². The highest BCUT2D eigenvalue weighted by molar-refractivity contribution is 6.50. The van der Waals surface area contributed by atoms with Crippen LogP contribution in [0.5, 0.6) is 0 Å². The molecule has 7 nitrogen and oxygen atoms in total. The number of imide groups is 1. The molecule has 7 rings (SSSR count). The van der Waals surface area contributed by atoms with Crippen molar-refractivity contribution >= 4 is 44.8 Å². The van der Waals surface area contributed by atoms with E-state index in [1.807, 2.05) is 73.1 Å². The average molecular weight is 492 g/mol. The van der Waals surface area contributed by atoms with E-state index in [-0.39, 0.29) is 12.1 Å². The lowest BCUT2D eigenvalue weighted by atomic mass is 9.95. The fourth-order valence-electron chi connectivity index (χ4n) is 6.06. The Morgan fingerprint density at radius 2 is 1.08 bits per heavy atom. The van der Waals surface area contributed by atoms with Gasteiger partial charge < -0.3 is 19.3 Å². The van der Waals surface area contributed by atoms with Gasteiger partial charge in [0.15, 0.2) is 0 Å². The molecule has 3 heterocycles. The number of rotatable bonds is 4. The molecule has 0 radical (unpaired) electrons. The van der Waals surface area contributed by atoms with E-state index < -0.39 is 24.0 Å². The van der Waals surface area contributed by atoms with Crippen LogP contribution >= 0.6 is 0 Å². The predicted molar refractivity (Wildman–Crippen MR) is 141 cm³/mol. The van der Waals surface area contributed by atoms with Crippen molar-refractivity contribution in [3.05, 3.63) is 96.4 Å². The average Bonchev–Trinajstić information content (AvgIpc) is 3.70. The van der Waals surface area contributed by atoms with E-state index in [1.165, 1.54) is 0 Å². The van der Waals surface area contributed by atoms with Gasteiger partial charge in [0.05, 0.1) is 35.4 Å². The molecule has 37 heavy (non-hydrogen) atoms. The Kier molecular flexibility index (Phi) is 4.86. The maximum atomic E-state index is 13.3. The molecule has 4 aromatic rings. The fraction of sp³-hybridized carbons (Fsp3) is 0.200. The molecule has 2 aromatic carbocycles. The maximum absolute atomic E-state index is 13.3. The van der Waals surface area contributed by atoms with Gasteiger partial charge in [0.1, 0.15) is 0 Å². The van der Waals surface area contributed by atoms with Crippen molar-refractivity contribution in [1.29, 1.82) is 0 Å². The first-order chi connectivity index (χ1) is 18.0. The standard InChI is InChI=1S/C30H25N3O4/c34-19-11-9-17(13-19)32-15-23(21-5-1-3-7-25(21)32)27-28(30(37)31-29(27)36)24-16-33(18-10-12-20(35)14-18)26-8-4-2-6-22(24)26/h1-12,15-20,34-35H,13-14H2,(H,31,36,37). The lowest BCUT2D eigenvalue weighted by Gasteiger charge is -2.13. The molecule has 0 fully saturated rings. The Morgan fingerprint density at radius 3 is 1.49 bits per heavy atom. The largest absolute Gasteiger partial charge is 0.389 e. The molecule has 0 saturated heterocycles. The van der Waals surface area contributed by atoms with Gasteiger partial charge in [-0.2, -0.15) is 0 Å². The lowest BCUT2D eigenvalue weighted by molar-refractivity contribution is -0.122. The third-order valence-electron chi connectivity index (χ3n) is 7.74. The number of aliphatic hydroxyl groups excluding tert-OH is 2. The summed E-state index contributed by atoms with van der Waals surface area (Å²) in [6.45, 7) is 0. The molecule has 184 valence electrons. The maximum Gasteiger partial charge on any atom is 0.259 e. The van der Waals surface area contributed by atoms with E-state index in [9.17, 15) is 19.8 Å². The summed E-state index contributed by atoms with van der Waals surface area (Å²) in [5.74, 6) is -0.837. The van der Waals surface area contributed by atoms with Crippen LogP contribution in [0.25, 0.3) is 33.0 Å². The fourth-order valence-corrected chi connectivity index (χ4v) is 6.06. The summed E-state index contributed by atoms with van der Waals surface area (Å²) in [4.78, 5) is 26.7. The summed E-state index contributed by atoms with van der Waals surface area (Å²) in [5, 5.41) is 24.5. The van der Waals surface area contributed by atoms with E-state index in [2.05, 4.69) is 14.5 Å². The Labute approximate surface area is 212 Å². The molecule has 0 spiro atoms. The van der Waals surface area contributed by atoms with Gasteiger partial charge in [0.2, 0.25) is 0 Å². The summed E-state index contributed by atoms with van der Waals surface area (Å²) in [7, 11) is 0. The molecule has 4 unspecified atom stereocenters. The zero-order valence-corrected chi connectivity index (χ0v) is 19.9. The predicted octanol–water partition coefficient (Wildman–Crippen LogP) is 3.89. The number of fused-ring (bicyclic) bond motifs is 2. The highest BCUT2D eigenvalue weighted by atomic mass is 16.3. The van der Waals surface area contributed by atoms with Crippen LogP contribution in [0.1, 0.15) is 36.1 Å². The topological polar surface area (TPSA) is 96.5 Å². The molecule has 0 saturated carbocycles. The van der Waals surface area contributed by atoms with Crippen LogP contribution in [-0.2, 0) is 9.59 Å². The molecular formula is C30H25N3O4. The molecular weight excluding hydrogens is 466 g/mol. The molecule has 4 atom stereocenters. The molecule has 2 aliphatic carbocycles. The number of aromatic nitrogens is 2. The summed E-state index contributed by atoms with van der Waals surface area (Å²) < 4.78 is 4.15. The molecule has 1 aliphatic heterocycles. The monoisotopic (exact) mass is 491 g/mol. The Hall–Kier alpha value is -4.20. The van der Waals surface area contributed by atoms with Crippen LogP contribution in [0.3, 0.4) is 0 Å². The van der Waals surface area contributed by atoms with E-state index in [4.69, 9.17) is 0 Å². The van der Waals surface area contributed by atoms with Gasteiger partial charge in [-0.15, -0.1) is 0 Å². The minimum Gasteiger partial charge on any atom is -0.389 e. The number of allylic oxidation sites excluding steroid dienone is 2. The van der Waals surface area contributed by atoms with Gasteiger partial charge >= 0.3 is 0 Å². The molecule has 3 aliphatic rings. The summed E-state index contributed by atoms with van der Waals surface area (Å²) in [5.41, 5.74) is 3.97. The van der Waals surface area contributed by atoms with Gasteiger partial charge in [-0.05, 0) is 12.1 Å². The number of aliphatic hydroxyl groups is 2. The molecule has 2 aromatic heterocycles. The summed E-state index contributed by atoms with van der Waals surface area (Å²) in [6, 6.07) is 15.6. The van der Waals surface area contributed by atoms with Crippen LogP contribution < -0.4 is 5.32 Å². The van der Waals surface area contributed by atoms with Crippen LogP contribution in [-0.4, -0.2) is 43.4 Å². The van der Waals surface area contributed by atoms with Gasteiger partial charge in [-0.3, -0.25) is 14.9 Å². The zero-order valence-electron chi connectivity index (χ0n) is 19.9. The van der Waals surface area contributed by atoms with Gasteiger partial charge in [-0.1, -0.05) is 60.7 Å². The van der Waals surface area contributed by atoms with Crippen molar-refractivity contribution in [3.8, 4) is 0 Å². The Bertz CT molecular complexity index is 1580. The van der Waals surface area contributed by atoms with Crippen LogP contribution in [0.15, 0.2) is 85.2 Å². The van der Waals surface area contributed by atoms with Crippen molar-refractivity contribution in [1.82, 2.24) is 14.5 Å². The lowest BCUT2D eigenvalue weighted by Crippen LogP contribution is -2.22. The molecule has 0 bridgehead atoms. The first kappa shape index (κ1) is 22.0. The van der Waals surface area contributed by atoms with E-state index >= 15 is 0 Å². The van der Waals surface area contributed by atoms with E-state index in [0.29, 0.717) is 35.1 Å². The van der Waals surface area contributed by atoms with Crippen molar-refractivity contribution in [2.24, 2.45) is 0 Å². The number of benzene rings is 2. The number of amides is 2. The number of nitrogens with zero attached hydrogens (tertiary/aromatic N) is 2. The minimum atomic E-state index is -0.505. The number of hydrogen-bond acceptors (Lipinski definition) is 4. The first-order valence-electron chi connectivity index (χ1n) is 12.5. The second-order valence-corrected chi connectivity index (χ2v) is 9.98. The van der Waals surface area contributed by atoms with Crippen molar-refractivity contribution < 1.29 is 19.8 Å². The van der Waals surface area contributed by atoms with Gasteiger partial charge in [0.25, 0.3) is 11.8 Å². The third-order valence-corrected chi connectivity index (χ3v) is 7.74. The highest BCUT2D eigenvalue weighted by Gasteiger charge is 2.36. The van der Waals surface area contributed by atoms with E-state index in [0.717, 1.165) is 21.8 Å². The second kappa shape index (κ2) is 8.16. The molecule has 7 heteroatoms. The highest BCUT2D eigenvalue weighted by Crippen LogP contribution is 2.41. The van der Waals surface area contributed by atoms with Crippen LogP contribution in [0.4, 0.5) is 0 Å². The normalized spacial score (nSPS) is 25.4. The van der Waals surface area contributed by atoms with Crippen molar-refractivity contribution in [2.75, 3.05) is 0 Å². The van der Waals surface area contributed by atoms with Gasteiger partial charge in [-0.25, -0.2) is 0 Å². The van der Waals surface area contributed by atoms with Crippen LogP contribution in [0, 0.1) is 0 Å². The summed E-state index contributed by atoms with van der Waals surface area (Å²) in [6.07, 6.45) is 11.5.